The van der Waals surface area contributed by atoms with Crippen LogP contribution in [0.5, 0.6) is 0 Å². The molecule has 2 saturated heterocycles. The third-order valence-corrected chi connectivity index (χ3v) is 6.31. The fourth-order valence-electron chi connectivity index (χ4n) is 3.32. The lowest BCUT2D eigenvalue weighted by atomic mass is 10.1. The molecule has 1 unspecified atom stereocenters. The van der Waals surface area contributed by atoms with Crippen LogP contribution in [0.4, 0.5) is 5.82 Å². The molecule has 0 radical (unpaired) electrons. The van der Waals surface area contributed by atoms with Crippen LogP contribution in [0, 0.1) is 0 Å². The molecular weight excluding hydrogens is 409 g/mol. The Labute approximate surface area is 165 Å². The third-order valence-electron chi connectivity index (χ3n) is 4.67. The Bertz CT molecular complexity index is 912. The van der Waals surface area contributed by atoms with Crippen molar-refractivity contribution in [3.05, 3.63) is 6.33 Å². The summed E-state index contributed by atoms with van der Waals surface area (Å²) in [7, 11) is -4.19. The van der Waals surface area contributed by atoms with Crippen LogP contribution in [0.25, 0.3) is 11.2 Å². The number of fused-ring (bicyclic) bond motifs is 2. The second kappa shape index (κ2) is 7.86. The van der Waals surface area contributed by atoms with E-state index in [9.17, 15) is 14.6 Å². The summed E-state index contributed by atoms with van der Waals surface area (Å²) >= 11 is 1.37. The SMILES string of the molecule is CCCCNc1ncnc2c1nc(SC)n2[C@@H]1O[C@@H]2COP(=O)(O)O[C@H]2[C@H]1O. The Kier molecular flexibility index (Phi) is 5.62. The monoisotopic (exact) mass is 431 g/mol. The van der Waals surface area contributed by atoms with E-state index in [-0.39, 0.29) is 6.61 Å². The lowest BCUT2D eigenvalue weighted by Crippen LogP contribution is -2.39. The van der Waals surface area contributed by atoms with E-state index >= 15 is 0 Å². The van der Waals surface area contributed by atoms with Crippen molar-refractivity contribution < 1.29 is 28.3 Å². The summed E-state index contributed by atoms with van der Waals surface area (Å²) in [5.74, 6) is 0.608. The zero-order chi connectivity index (χ0) is 19.9. The largest absolute Gasteiger partial charge is 0.472 e. The van der Waals surface area contributed by atoms with Crippen LogP contribution in [0.2, 0.25) is 0 Å². The van der Waals surface area contributed by atoms with Gasteiger partial charge < -0.3 is 20.1 Å². The Balaban J connectivity index is 1.70. The number of aromatic nitrogens is 4. The van der Waals surface area contributed by atoms with Gasteiger partial charge in [0.1, 0.15) is 24.6 Å². The van der Waals surface area contributed by atoms with Crippen LogP contribution in [0.3, 0.4) is 0 Å². The van der Waals surface area contributed by atoms with Crippen LogP contribution in [-0.4, -0.2) is 67.2 Å². The molecule has 4 heterocycles. The number of aliphatic hydroxyl groups is 1. The van der Waals surface area contributed by atoms with Gasteiger partial charge in [-0.05, 0) is 12.7 Å². The van der Waals surface area contributed by atoms with Gasteiger partial charge in [0.15, 0.2) is 28.4 Å². The van der Waals surface area contributed by atoms with E-state index in [0.29, 0.717) is 22.1 Å². The normalized spacial score (nSPS) is 32.6. The topological polar surface area (TPSA) is 141 Å². The summed E-state index contributed by atoms with van der Waals surface area (Å²) in [4.78, 5) is 22.8. The van der Waals surface area contributed by atoms with Crippen LogP contribution >= 0.6 is 19.6 Å². The number of ether oxygens (including phenoxy) is 1. The van der Waals surface area contributed by atoms with Crippen molar-refractivity contribution >= 4 is 36.6 Å². The second-order valence-corrected chi connectivity index (χ2v) is 8.71. The molecule has 2 aromatic heterocycles. The average molecular weight is 431 g/mol. The molecule has 2 fully saturated rings. The van der Waals surface area contributed by atoms with Crippen molar-refractivity contribution in [2.45, 2.75) is 49.5 Å². The molecule has 13 heteroatoms. The van der Waals surface area contributed by atoms with Crippen molar-refractivity contribution in [2.75, 3.05) is 24.7 Å². The molecule has 4 rings (SSSR count). The van der Waals surface area contributed by atoms with Crippen molar-refractivity contribution in [3.63, 3.8) is 0 Å². The highest BCUT2D eigenvalue weighted by Gasteiger charge is 2.53. The predicted molar refractivity (Wildman–Crippen MR) is 101 cm³/mol. The molecule has 2 aromatic rings. The van der Waals surface area contributed by atoms with E-state index in [1.165, 1.54) is 18.1 Å². The maximum absolute atomic E-state index is 11.7. The molecule has 0 saturated carbocycles. The Hall–Kier alpha value is -1.27. The maximum Gasteiger partial charge on any atom is 0.472 e. The Morgan fingerprint density at radius 3 is 3.04 bits per heavy atom. The molecular formula is C15H22N5O6PS. The number of phosphoric ester groups is 1. The number of phosphoric acid groups is 1. The molecule has 11 nitrogen and oxygen atoms in total. The van der Waals surface area contributed by atoms with Gasteiger partial charge in [0.2, 0.25) is 0 Å². The summed E-state index contributed by atoms with van der Waals surface area (Å²) < 4.78 is 29.1. The number of nitrogens with one attached hydrogen (secondary N) is 1. The fourth-order valence-corrected chi connectivity index (χ4v) is 4.86. The average Bonchev–Trinajstić information content (AvgIpc) is 3.19. The molecule has 154 valence electrons. The highest BCUT2D eigenvalue weighted by atomic mass is 32.2. The number of rotatable bonds is 6. The van der Waals surface area contributed by atoms with Gasteiger partial charge in [-0.2, -0.15) is 0 Å². The minimum Gasteiger partial charge on any atom is -0.386 e. The molecule has 0 aliphatic carbocycles. The molecule has 0 bridgehead atoms. The lowest BCUT2D eigenvalue weighted by Gasteiger charge is -2.27. The summed E-state index contributed by atoms with van der Waals surface area (Å²) in [6.45, 7) is 2.72. The number of hydrogen-bond donors (Lipinski definition) is 3. The van der Waals surface area contributed by atoms with E-state index in [1.807, 2.05) is 6.26 Å². The number of unbranched alkanes of at least 4 members (excludes halogenated alkanes) is 1. The molecule has 5 atom stereocenters. The molecule has 0 amide bonds. The number of anilines is 1. The number of hydrogen-bond acceptors (Lipinski definition) is 10. The van der Waals surface area contributed by atoms with Crippen LogP contribution < -0.4 is 5.32 Å². The van der Waals surface area contributed by atoms with Crippen molar-refractivity contribution in [3.8, 4) is 0 Å². The standard InChI is InChI=1S/C15H22N5O6PS/c1-3-4-5-16-12-9-13(18-7-17-12)20(15(19-9)28-2)14-10(21)11-8(25-14)6-24-27(22,23)26-11/h7-8,10-11,14,21H,3-6H2,1-2H3,(H,22,23)(H,16,17,18)/t8-,10-,11-,14-/m1/s1. The summed E-state index contributed by atoms with van der Waals surface area (Å²) in [5.41, 5.74) is 1.06. The summed E-state index contributed by atoms with van der Waals surface area (Å²) in [5, 5.41) is 14.6. The highest BCUT2D eigenvalue weighted by Crippen LogP contribution is 2.52. The lowest BCUT2D eigenvalue weighted by molar-refractivity contribution is -0.0684. The molecule has 28 heavy (non-hydrogen) atoms. The zero-order valence-electron chi connectivity index (χ0n) is 15.4. The molecule has 0 spiro atoms. The summed E-state index contributed by atoms with van der Waals surface area (Å²) in [6.07, 6.45) is 1.59. The second-order valence-electron chi connectivity index (χ2n) is 6.53. The van der Waals surface area contributed by atoms with E-state index in [4.69, 9.17) is 13.8 Å². The quantitative estimate of drug-likeness (QED) is 0.348. The van der Waals surface area contributed by atoms with Gasteiger partial charge in [0.05, 0.1) is 6.61 Å². The highest BCUT2D eigenvalue weighted by molar-refractivity contribution is 7.98. The minimum atomic E-state index is -4.19. The van der Waals surface area contributed by atoms with Crippen molar-refractivity contribution in [1.29, 1.82) is 0 Å². The Morgan fingerprint density at radius 2 is 2.29 bits per heavy atom. The minimum absolute atomic E-state index is 0.147. The summed E-state index contributed by atoms with van der Waals surface area (Å²) in [6, 6.07) is 0. The van der Waals surface area contributed by atoms with Crippen molar-refractivity contribution in [1.82, 2.24) is 19.5 Å². The van der Waals surface area contributed by atoms with Crippen molar-refractivity contribution in [2.24, 2.45) is 0 Å². The van der Waals surface area contributed by atoms with Gasteiger partial charge in [-0.1, -0.05) is 25.1 Å². The number of aliphatic hydroxyl groups excluding tert-OH is 1. The maximum atomic E-state index is 11.7. The van der Waals surface area contributed by atoms with Gasteiger partial charge in [0, 0.05) is 6.54 Å². The van der Waals surface area contributed by atoms with Gasteiger partial charge in [-0.25, -0.2) is 19.5 Å². The van der Waals surface area contributed by atoms with Gasteiger partial charge >= 0.3 is 7.82 Å². The first-order valence-electron chi connectivity index (χ1n) is 8.95. The van der Waals surface area contributed by atoms with Gasteiger partial charge in [-0.3, -0.25) is 13.6 Å². The van der Waals surface area contributed by atoms with Crippen LogP contribution in [-0.2, 0) is 18.3 Å². The zero-order valence-corrected chi connectivity index (χ0v) is 17.1. The Morgan fingerprint density at radius 1 is 1.46 bits per heavy atom. The molecule has 2 aliphatic heterocycles. The smallest absolute Gasteiger partial charge is 0.386 e. The van der Waals surface area contributed by atoms with E-state index in [2.05, 4.69) is 27.2 Å². The van der Waals surface area contributed by atoms with Gasteiger partial charge in [-0.15, -0.1) is 0 Å². The number of imidazole rings is 1. The first kappa shape index (κ1) is 20.0. The first-order valence-corrected chi connectivity index (χ1v) is 11.7. The fraction of sp³-hybridized carbons (Fsp3) is 0.667. The molecule has 2 aliphatic rings. The van der Waals surface area contributed by atoms with Gasteiger partial charge in [0.25, 0.3) is 0 Å². The van der Waals surface area contributed by atoms with E-state index < -0.39 is 32.4 Å². The predicted octanol–water partition coefficient (Wildman–Crippen LogP) is 1.53. The van der Waals surface area contributed by atoms with Crippen LogP contribution in [0.1, 0.15) is 26.0 Å². The molecule has 3 N–H and O–H groups in total. The number of thioether (sulfide) groups is 1. The number of nitrogens with zero attached hydrogens (tertiary/aromatic N) is 4. The third kappa shape index (κ3) is 3.54. The van der Waals surface area contributed by atoms with E-state index in [1.54, 1.807) is 4.57 Å². The first-order chi connectivity index (χ1) is 13.4. The molecule has 0 aromatic carbocycles. The van der Waals surface area contributed by atoms with E-state index in [0.717, 1.165) is 19.4 Å². The van der Waals surface area contributed by atoms with Crippen LogP contribution in [0.15, 0.2) is 11.5 Å².